The lowest BCUT2D eigenvalue weighted by Crippen LogP contribution is -1.94. The van der Waals surface area contributed by atoms with Crippen molar-refractivity contribution in [2.45, 2.75) is 0 Å². The molecule has 17 heavy (non-hydrogen) atoms. The van der Waals surface area contributed by atoms with Gasteiger partial charge in [-0.3, -0.25) is 4.94 Å². The van der Waals surface area contributed by atoms with Crippen molar-refractivity contribution in [2.75, 3.05) is 11.0 Å². The van der Waals surface area contributed by atoms with Gasteiger partial charge in [-0.15, -0.1) is 0 Å². The van der Waals surface area contributed by atoms with Gasteiger partial charge < -0.3 is 14.8 Å². The van der Waals surface area contributed by atoms with Crippen molar-refractivity contribution in [3.8, 4) is 5.75 Å². The van der Waals surface area contributed by atoms with E-state index in [1.165, 1.54) is 24.1 Å². The first-order chi connectivity index (χ1) is 8.15. The Hall–Kier alpha value is -1.89. The largest absolute Gasteiger partial charge is 0.477 e. The molecule has 0 aliphatic rings. The second kappa shape index (κ2) is 4.54. The summed E-state index contributed by atoms with van der Waals surface area (Å²) in [5.74, 6) is -1.05. The molecular formula is C10H9FN2O3S. The molecule has 1 heterocycles. The van der Waals surface area contributed by atoms with Crippen LogP contribution in [0, 0.1) is 0 Å². The van der Waals surface area contributed by atoms with E-state index in [1.54, 1.807) is 12.3 Å². The lowest BCUT2D eigenvalue weighted by molar-refractivity contribution is -0.00504. The first kappa shape index (κ1) is 11.6. The maximum Gasteiger partial charge on any atom is 0.352 e. The first-order valence-electron chi connectivity index (χ1n) is 4.63. The number of aromatic nitrogens is 1. The predicted molar refractivity (Wildman–Crippen MR) is 64.1 cm³/mol. The number of anilines is 1. The highest BCUT2D eigenvalue weighted by Gasteiger charge is 2.12. The molecule has 2 aromatic rings. The maximum atomic E-state index is 12.3. The molecular weight excluding hydrogens is 247 g/mol. The SMILES string of the molecule is CSNc1cc2[nH]c(C(=O)O)cc2cc1OF. The number of hydrogen-bond donors (Lipinski definition) is 3. The Bertz CT molecular complexity index is 570. The third kappa shape index (κ3) is 2.14. The molecule has 0 amide bonds. The lowest BCUT2D eigenvalue weighted by Gasteiger charge is -2.05. The van der Waals surface area contributed by atoms with Gasteiger partial charge >= 0.3 is 5.97 Å². The van der Waals surface area contributed by atoms with Crippen molar-refractivity contribution in [1.29, 1.82) is 0 Å². The summed E-state index contributed by atoms with van der Waals surface area (Å²) in [7, 11) is 0. The molecule has 0 bridgehead atoms. The summed E-state index contributed by atoms with van der Waals surface area (Å²) < 4.78 is 15.2. The van der Waals surface area contributed by atoms with E-state index in [2.05, 4.69) is 14.6 Å². The second-order valence-corrected chi connectivity index (χ2v) is 3.92. The summed E-state index contributed by atoms with van der Waals surface area (Å²) in [6.45, 7) is 0. The highest BCUT2D eigenvalue weighted by Crippen LogP contribution is 2.32. The van der Waals surface area contributed by atoms with Crippen LogP contribution < -0.4 is 9.66 Å². The molecule has 5 nitrogen and oxygen atoms in total. The van der Waals surface area contributed by atoms with E-state index in [-0.39, 0.29) is 11.4 Å². The topological polar surface area (TPSA) is 74.4 Å². The molecule has 0 saturated heterocycles. The number of nitrogens with one attached hydrogen (secondary N) is 2. The van der Waals surface area contributed by atoms with E-state index >= 15 is 0 Å². The van der Waals surface area contributed by atoms with Crippen LogP contribution in [0.2, 0.25) is 0 Å². The van der Waals surface area contributed by atoms with Crippen molar-refractivity contribution in [1.82, 2.24) is 4.98 Å². The average molecular weight is 256 g/mol. The average Bonchev–Trinajstić information content (AvgIpc) is 2.71. The number of rotatable bonds is 4. The van der Waals surface area contributed by atoms with Crippen LogP contribution in [0.3, 0.4) is 0 Å². The van der Waals surface area contributed by atoms with E-state index in [0.717, 1.165) is 0 Å². The highest BCUT2D eigenvalue weighted by atomic mass is 32.2. The molecule has 0 aliphatic heterocycles. The zero-order valence-electron chi connectivity index (χ0n) is 8.78. The Kier molecular flexibility index (Phi) is 3.10. The molecule has 1 aromatic heterocycles. The van der Waals surface area contributed by atoms with Crippen LogP contribution in [-0.2, 0) is 0 Å². The summed E-state index contributed by atoms with van der Waals surface area (Å²) >= 11 is 1.28. The molecule has 2 rings (SSSR count). The summed E-state index contributed by atoms with van der Waals surface area (Å²) in [6, 6.07) is 4.44. The number of halogens is 1. The van der Waals surface area contributed by atoms with E-state index in [1.807, 2.05) is 0 Å². The Balaban J connectivity index is 2.57. The third-order valence-corrected chi connectivity index (χ3v) is 2.67. The zero-order chi connectivity index (χ0) is 12.4. The van der Waals surface area contributed by atoms with Gasteiger partial charge in [-0.1, -0.05) is 11.9 Å². The first-order valence-corrected chi connectivity index (χ1v) is 5.86. The van der Waals surface area contributed by atoms with Gasteiger partial charge in [0.05, 0.1) is 5.69 Å². The van der Waals surface area contributed by atoms with Gasteiger partial charge in [0.2, 0.25) is 0 Å². The lowest BCUT2D eigenvalue weighted by atomic mass is 10.2. The minimum Gasteiger partial charge on any atom is -0.477 e. The Labute approximate surface area is 100.0 Å². The molecule has 0 aliphatic carbocycles. The van der Waals surface area contributed by atoms with E-state index in [0.29, 0.717) is 16.6 Å². The summed E-state index contributed by atoms with van der Waals surface area (Å²) in [5, 5.41) is 9.40. The number of carbonyl (C=O) groups is 1. The van der Waals surface area contributed by atoms with Crippen molar-refractivity contribution in [3.05, 3.63) is 23.9 Å². The summed E-state index contributed by atoms with van der Waals surface area (Å²) in [5.41, 5.74) is 1.08. The monoisotopic (exact) mass is 256 g/mol. The molecule has 0 fully saturated rings. The van der Waals surface area contributed by atoms with Crippen molar-refractivity contribution in [3.63, 3.8) is 0 Å². The smallest absolute Gasteiger partial charge is 0.352 e. The number of hydrogen-bond acceptors (Lipinski definition) is 4. The van der Waals surface area contributed by atoms with Crippen LogP contribution in [-0.4, -0.2) is 22.3 Å². The Morgan fingerprint density at radius 3 is 2.88 bits per heavy atom. The molecule has 1 aromatic carbocycles. The number of fused-ring (bicyclic) bond motifs is 1. The number of carboxylic acids is 1. The number of benzene rings is 1. The van der Waals surface area contributed by atoms with E-state index < -0.39 is 5.97 Å². The van der Waals surface area contributed by atoms with Crippen LogP contribution in [0.5, 0.6) is 5.75 Å². The highest BCUT2D eigenvalue weighted by molar-refractivity contribution is 7.99. The standard InChI is InChI=1S/C10H9FN2O3S/c1-17-13-7-4-6-5(3-9(7)16-11)2-8(12-6)10(14)15/h2-4,12-13H,1H3,(H,14,15). The molecule has 0 unspecified atom stereocenters. The fourth-order valence-corrected chi connectivity index (χ4v) is 1.91. The number of aromatic amines is 1. The quantitative estimate of drug-likeness (QED) is 0.733. The molecule has 0 spiro atoms. The Morgan fingerprint density at radius 2 is 2.29 bits per heavy atom. The molecule has 3 N–H and O–H groups in total. The van der Waals surface area contributed by atoms with Gasteiger partial charge in [-0.2, -0.15) is 0 Å². The summed E-state index contributed by atoms with van der Waals surface area (Å²) in [4.78, 5) is 17.2. The van der Waals surface area contributed by atoms with Crippen molar-refractivity contribution >= 4 is 34.5 Å². The number of carboxylic acid groups (broad SMARTS) is 1. The molecule has 0 saturated carbocycles. The van der Waals surface area contributed by atoms with Crippen LogP contribution in [0.15, 0.2) is 18.2 Å². The van der Waals surface area contributed by atoms with Gasteiger partial charge in [-0.05, 0) is 18.2 Å². The van der Waals surface area contributed by atoms with Gasteiger partial charge in [0.15, 0.2) is 5.75 Å². The minimum absolute atomic E-state index is 0.0165. The van der Waals surface area contributed by atoms with Crippen LogP contribution in [0.4, 0.5) is 10.2 Å². The fourth-order valence-electron chi connectivity index (χ4n) is 1.53. The molecule has 7 heteroatoms. The fraction of sp³-hybridized carbons (Fsp3) is 0.100. The van der Waals surface area contributed by atoms with Gasteiger partial charge in [-0.25, -0.2) is 4.79 Å². The van der Waals surface area contributed by atoms with Crippen molar-refractivity contribution < 1.29 is 19.4 Å². The van der Waals surface area contributed by atoms with E-state index in [9.17, 15) is 9.32 Å². The van der Waals surface area contributed by atoms with Crippen molar-refractivity contribution in [2.24, 2.45) is 0 Å². The second-order valence-electron chi connectivity index (χ2n) is 3.31. The Morgan fingerprint density at radius 1 is 1.53 bits per heavy atom. The maximum absolute atomic E-state index is 12.3. The van der Waals surface area contributed by atoms with Gasteiger partial charge in [0, 0.05) is 21.7 Å². The molecule has 0 radical (unpaired) electrons. The molecule has 90 valence electrons. The third-order valence-electron chi connectivity index (χ3n) is 2.25. The zero-order valence-corrected chi connectivity index (χ0v) is 9.60. The van der Waals surface area contributed by atoms with Crippen LogP contribution in [0.25, 0.3) is 10.9 Å². The minimum atomic E-state index is -1.07. The molecule has 0 atom stereocenters. The number of H-pyrrole nitrogens is 1. The van der Waals surface area contributed by atoms with Crippen LogP contribution >= 0.6 is 11.9 Å². The van der Waals surface area contributed by atoms with Gasteiger partial charge in [0.1, 0.15) is 5.69 Å². The normalized spacial score (nSPS) is 10.5. The summed E-state index contributed by atoms with van der Waals surface area (Å²) in [6.07, 6.45) is 1.78. The van der Waals surface area contributed by atoms with E-state index in [4.69, 9.17) is 5.11 Å². The van der Waals surface area contributed by atoms with Gasteiger partial charge in [0.25, 0.3) is 0 Å². The number of aromatic carboxylic acids is 1. The van der Waals surface area contributed by atoms with Crippen LogP contribution in [0.1, 0.15) is 10.5 Å². The predicted octanol–water partition coefficient (Wildman–Crippen LogP) is 2.82.